The Morgan fingerprint density at radius 2 is 0.923 bits per heavy atom. The van der Waals surface area contributed by atoms with E-state index in [2.05, 4.69) is 9.97 Å². The first-order chi connectivity index (χ1) is 25.3. The third kappa shape index (κ3) is 5.81. The van der Waals surface area contributed by atoms with Gasteiger partial charge in [-0.3, -0.25) is 0 Å². The average molecular weight is 695 g/mol. The van der Waals surface area contributed by atoms with Gasteiger partial charge in [0.1, 0.15) is 23.0 Å². The third-order valence-corrected chi connectivity index (χ3v) is 9.73. The monoisotopic (exact) mass is 694 g/mol. The molecule has 0 aliphatic heterocycles. The van der Waals surface area contributed by atoms with E-state index >= 15 is 0 Å². The summed E-state index contributed by atoms with van der Waals surface area (Å²) in [5.41, 5.74) is 5.16. The average Bonchev–Trinajstić information content (AvgIpc) is 3.64. The largest absolute Gasteiger partial charge is 0.477 e. The fraction of sp³-hybridized carbons (Fsp3) is 0.143. The number of carboxylic acids is 2. The molecule has 0 aliphatic rings. The van der Waals surface area contributed by atoms with Gasteiger partial charge < -0.3 is 19.3 Å². The van der Waals surface area contributed by atoms with Gasteiger partial charge in [-0.1, -0.05) is 72.8 Å². The Bertz CT molecular complexity index is 2510. The van der Waals surface area contributed by atoms with Gasteiger partial charge in [-0.15, -0.1) is 0 Å². The second-order valence-corrected chi connectivity index (χ2v) is 12.9. The van der Waals surface area contributed by atoms with Crippen LogP contribution in [0.1, 0.15) is 56.3 Å². The minimum atomic E-state index is -1.14. The van der Waals surface area contributed by atoms with E-state index in [9.17, 15) is 28.6 Å². The van der Waals surface area contributed by atoms with Gasteiger partial charge in [0, 0.05) is 43.7 Å². The molecule has 0 aliphatic carbocycles. The summed E-state index contributed by atoms with van der Waals surface area (Å²) in [7, 11) is 0. The summed E-state index contributed by atoms with van der Waals surface area (Å²) in [6.07, 6.45) is 1.96. The predicted octanol–water partition coefficient (Wildman–Crippen LogP) is 9.03. The van der Waals surface area contributed by atoms with Crippen molar-refractivity contribution in [3.8, 4) is 0 Å². The van der Waals surface area contributed by atoms with Crippen molar-refractivity contribution in [2.75, 3.05) is 0 Å². The summed E-state index contributed by atoms with van der Waals surface area (Å²) >= 11 is 0. The first kappa shape index (κ1) is 32.8. The van der Waals surface area contributed by atoms with Crippen molar-refractivity contribution in [3.05, 3.63) is 155 Å². The second-order valence-electron chi connectivity index (χ2n) is 12.9. The maximum atomic E-state index is 14.9. The Labute approximate surface area is 296 Å². The molecule has 52 heavy (non-hydrogen) atoms. The van der Waals surface area contributed by atoms with Gasteiger partial charge in [-0.25, -0.2) is 28.3 Å². The zero-order chi connectivity index (χ0) is 35.9. The van der Waals surface area contributed by atoms with Crippen LogP contribution >= 0.6 is 0 Å². The number of carboxylic acid groups (broad SMARTS) is 2. The lowest BCUT2D eigenvalue weighted by Gasteiger charge is -2.13. The molecule has 0 saturated heterocycles. The molecule has 0 bridgehead atoms. The smallest absolute Gasteiger partial charge is 0.354 e. The highest BCUT2D eigenvalue weighted by atomic mass is 19.1. The zero-order valence-corrected chi connectivity index (χ0v) is 27.9. The van der Waals surface area contributed by atoms with E-state index in [0.29, 0.717) is 48.2 Å². The predicted molar refractivity (Wildman–Crippen MR) is 196 cm³/mol. The molecule has 0 unspecified atom stereocenters. The Morgan fingerprint density at radius 1 is 0.538 bits per heavy atom. The normalized spacial score (nSPS) is 11.7. The number of aromatic nitrogens is 4. The van der Waals surface area contributed by atoms with Crippen molar-refractivity contribution in [1.29, 1.82) is 0 Å². The summed E-state index contributed by atoms with van der Waals surface area (Å²) in [4.78, 5) is 33.7. The lowest BCUT2D eigenvalue weighted by molar-refractivity contribution is 0.0679. The molecule has 8 rings (SSSR count). The minimum Gasteiger partial charge on any atom is -0.477 e. The Hall–Kier alpha value is -6.42. The van der Waals surface area contributed by atoms with E-state index in [4.69, 9.17) is 0 Å². The molecule has 0 radical (unpaired) electrons. The van der Waals surface area contributed by atoms with E-state index in [-0.39, 0.29) is 36.1 Å². The van der Waals surface area contributed by atoms with Crippen molar-refractivity contribution in [3.63, 3.8) is 0 Å². The number of para-hydroxylation sites is 2. The fourth-order valence-corrected chi connectivity index (χ4v) is 7.38. The van der Waals surface area contributed by atoms with Crippen LogP contribution < -0.4 is 0 Å². The lowest BCUT2D eigenvalue weighted by atomic mass is 10.0. The summed E-state index contributed by atoms with van der Waals surface area (Å²) in [5.74, 6) is -2.96. The van der Waals surface area contributed by atoms with Crippen molar-refractivity contribution < 1.29 is 28.6 Å². The Balaban J connectivity index is 1.18. The Kier molecular flexibility index (Phi) is 8.42. The number of hydrogen-bond donors (Lipinski definition) is 2. The van der Waals surface area contributed by atoms with Crippen LogP contribution in [0.4, 0.5) is 8.78 Å². The molecular formula is C42H32F2N4O4. The molecule has 10 heteroatoms. The number of benzene rings is 4. The van der Waals surface area contributed by atoms with Crippen molar-refractivity contribution >= 4 is 55.6 Å². The van der Waals surface area contributed by atoms with E-state index in [0.717, 1.165) is 43.6 Å². The number of pyridine rings is 2. The van der Waals surface area contributed by atoms with Gasteiger partial charge in [0.15, 0.2) is 0 Å². The number of fused-ring (bicyclic) bond motifs is 6. The minimum absolute atomic E-state index is 0.0773. The molecule has 4 heterocycles. The molecule has 0 spiro atoms. The second kappa shape index (κ2) is 13.4. The number of unbranched alkanes of at least 4 members (excludes halogenated alkanes) is 1. The molecule has 4 aromatic carbocycles. The van der Waals surface area contributed by atoms with Crippen LogP contribution in [0, 0.1) is 11.6 Å². The van der Waals surface area contributed by atoms with Crippen LogP contribution in [0.5, 0.6) is 0 Å². The van der Waals surface area contributed by atoms with E-state index in [1.807, 2.05) is 57.7 Å². The molecule has 258 valence electrons. The van der Waals surface area contributed by atoms with Gasteiger partial charge in [-0.05, 0) is 62.1 Å². The van der Waals surface area contributed by atoms with Gasteiger partial charge in [0.25, 0.3) is 0 Å². The van der Waals surface area contributed by atoms with Crippen molar-refractivity contribution in [2.45, 2.75) is 38.8 Å². The maximum absolute atomic E-state index is 14.9. The standard InChI is InChI=1S/C42H32F2N4O4/c43-31-15-5-1-11-25(31)23-47-37-19-9-3-13-27(37)29-21-35(41(49)50)45-33(39(29)47)17-7-8-18-34-40-30(22-36(46-34)42(51)52)28-14-4-10-20-38(28)48(40)24-26-12-2-6-16-32(26)44/h1-6,9-16,19-22H,7-8,17-18,23-24H2,(H,49,50)(H,51,52). The molecule has 0 atom stereocenters. The molecule has 2 N–H and O–H groups in total. The number of rotatable bonds is 11. The van der Waals surface area contributed by atoms with Crippen LogP contribution in [-0.4, -0.2) is 41.3 Å². The van der Waals surface area contributed by atoms with Gasteiger partial charge in [-0.2, -0.15) is 0 Å². The highest BCUT2D eigenvalue weighted by molar-refractivity contribution is 6.11. The molecular weight excluding hydrogens is 662 g/mol. The molecule has 0 fully saturated rings. The van der Waals surface area contributed by atoms with Gasteiger partial charge in [0.05, 0.1) is 35.5 Å². The summed E-state index contributed by atoms with van der Waals surface area (Å²) in [6, 6.07) is 31.6. The maximum Gasteiger partial charge on any atom is 0.354 e. The van der Waals surface area contributed by atoms with Crippen molar-refractivity contribution in [1.82, 2.24) is 19.1 Å². The number of aromatic carboxylic acids is 2. The highest BCUT2D eigenvalue weighted by Crippen LogP contribution is 2.35. The zero-order valence-electron chi connectivity index (χ0n) is 27.9. The van der Waals surface area contributed by atoms with Crippen LogP contribution in [0.25, 0.3) is 43.6 Å². The quantitative estimate of drug-likeness (QED) is 0.131. The topological polar surface area (TPSA) is 110 Å². The first-order valence-electron chi connectivity index (χ1n) is 17.0. The summed E-state index contributed by atoms with van der Waals surface area (Å²) in [5, 5.41) is 23.2. The van der Waals surface area contributed by atoms with Crippen molar-refractivity contribution in [2.24, 2.45) is 0 Å². The van der Waals surface area contributed by atoms with Gasteiger partial charge in [0.2, 0.25) is 0 Å². The van der Waals surface area contributed by atoms with E-state index in [1.54, 1.807) is 48.5 Å². The van der Waals surface area contributed by atoms with Crippen LogP contribution in [-0.2, 0) is 25.9 Å². The lowest BCUT2D eigenvalue weighted by Crippen LogP contribution is -2.09. The van der Waals surface area contributed by atoms with Crippen LogP contribution in [0.15, 0.2) is 109 Å². The summed E-state index contributed by atoms with van der Waals surface area (Å²) < 4.78 is 33.8. The van der Waals surface area contributed by atoms with Gasteiger partial charge >= 0.3 is 11.9 Å². The molecule has 0 amide bonds. The number of halogens is 2. The van der Waals surface area contributed by atoms with Crippen LogP contribution in [0.3, 0.4) is 0 Å². The third-order valence-electron chi connectivity index (χ3n) is 9.73. The van der Waals surface area contributed by atoms with Crippen LogP contribution in [0.2, 0.25) is 0 Å². The summed E-state index contributed by atoms with van der Waals surface area (Å²) in [6.45, 7) is 0.461. The SMILES string of the molecule is O=C(O)c1cc2c3ccccc3n(Cc3ccccc3F)c2c(CCCCc2nc(C(=O)O)cc3c4ccccc4n(Cc4ccccc4F)c23)n1. The number of carbonyl (C=O) groups is 2. The van der Waals surface area contributed by atoms with E-state index in [1.165, 1.54) is 12.1 Å². The number of aryl methyl sites for hydroxylation is 2. The molecule has 8 aromatic rings. The first-order valence-corrected chi connectivity index (χ1v) is 17.0. The number of nitrogens with zero attached hydrogens (tertiary/aromatic N) is 4. The molecule has 0 saturated carbocycles. The molecule has 8 nitrogen and oxygen atoms in total. The molecule has 4 aromatic heterocycles. The highest BCUT2D eigenvalue weighted by Gasteiger charge is 2.22. The fourth-order valence-electron chi connectivity index (χ4n) is 7.38. The number of hydrogen-bond acceptors (Lipinski definition) is 4. The van der Waals surface area contributed by atoms with E-state index < -0.39 is 11.9 Å². The Morgan fingerprint density at radius 3 is 1.33 bits per heavy atom.